The van der Waals surface area contributed by atoms with Crippen molar-refractivity contribution in [1.29, 1.82) is 0 Å². The lowest BCUT2D eigenvalue weighted by Gasteiger charge is -2.43. The summed E-state index contributed by atoms with van der Waals surface area (Å²) in [5.74, 6) is 1.75. The van der Waals surface area contributed by atoms with E-state index in [1.54, 1.807) is 32.4 Å². The Morgan fingerprint density at radius 1 is 1.06 bits per heavy atom. The number of hydrogen-bond donors (Lipinski definition) is 0. The topological polar surface area (TPSA) is 76.8 Å². The highest BCUT2D eigenvalue weighted by molar-refractivity contribution is 5.80. The number of aromatic nitrogens is 2. The van der Waals surface area contributed by atoms with Gasteiger partial charge in [-0.1, -0.05) is 6.58 Å². The molecule has 8 nitrogen and oxygen atoms in total. The predicted molar refractivity (Wildman–Crippen MR) is 140 cm³/mol. The third-order valence-electron chi connectivity index (χ3n) is 8.55. The van der Waals surface area contributed by atoms with Gasteiger partial charge in [-0.3, -0.25) is 18.7 Å². The van der Waals surface area contributed by atoms with E-state index in [0.29, 0.717) is 35.2 Å². The van der Waals surface area contributed by atoms with E-state index < -0.39 is 0 Å². The van der Waals surface area contributed by atoms with Crippen LogP contribution in [0.25, 0.3) is 10.9 Å². The Hall–Kier alpha value is -3.03. The van der Waals surface area contributed by atoms with Crippen molar-refractivity contribution in [3.8, 4) is 5.75 Å². The van der Waals surface area contributed by atoms with Crippen LogP contribution >= 0.6 is 0 Å². The number of allylic oxidation sites excluding steroid dienone is 1. The van der Waals surface area contributed by atoms with Gasteiger partial charge in [0.2, 0.25) is 5.91 Å². The summed E-state index contributed by atoms with van der Waals surface area (Å²) >= 11 is 0. The van der Waals surface area contributed by atoms with Gasteiger partial charge in [-0.15, -0.1) is 0 Å². The van der Waals surface area contributed by atoms with Crippen LogP contribution in [0, 0.1) is 17.8 Å². The average Bonchev–Trinajstić information content (AvgIpc) is 3.75. The Balaban J connectivity index is 1.21. The highest BCUT2D eigenvalue weighted by atomic mass is 16.5. The summed E-state index contributed by atoms with van der Waals surface area (Å²) in [6.45, 7) is 9.28. The molecule has 194 valence electrons. The summed E-state index contributed by atoms with van der Waals surface area (Å²) in [5, 5.41) is 0.484. The fourth-order valence-corrected chi connectivity index (χ4v) is 6.13. The predicted octanol–water partition coefficient (Wildman–Crippen LogP) is 2.97. The van der Waals surface area contributed by atoms with Crippen LogP contribution in [0.4, 0.5) is 0 Å². The number of rotatable bonds is 6. The molecule has 2 aromatic rings. The van der Waals surface area contributed by atoms with Gasteiger partial charge in [0.25, 0.3) is 5.56 Å². The maximum Gasteiger partial charge on any atom is 0.331 e. The molecule has 3 aliphatic rings. The van der Waals surface area contributed by atoms with E-state index in [9.17, 15) is 14.4 Å². The third kappa shape index (κ3) is 4.58. The van der Waals surface area contributed by atoms with E-state index in [2.05, 4.69) is 18.4 Å². The fourth-order valence-electron chi connectivity index (χ4n) is 6.13. The lowest BCUT2D eigenvalue weighted by Crippen LogP contribution is -2.54. The Kier molecular flexibility index (Phi) is 6.70. The van der Waals surface area contributed by atoms with Crippen LogP contribution in [-0.2, 0) is 18.4 Å². The Labute approximate surface area is 212 Å². The number of carbonyl (C=O) groups excluding carboxylic acids is 1. The van der Waals surface area contributed by atoms with Crippen molar-refractivity contribution >= 4 is 16.8 Å². The van der Waals surface area contributed by atoms with Gasteiger partial charge in [0.15, 0.2) is 0 Å². The van der Waals surface area contributed by atoms with Crippen molar-refractivity contribution in [3.05, 3.63) is 51.3 Å². The van der Waals surface area contributed by atoms with Crippen LogP contribution < -0.4 is 16.0 Å². The van der Waals surface area contributed by atoms with Crippen molar-refractivity contribution in [3.63, 3.8) is 0 Å². The standard InChI is InChI=1S/C28H38N4O4/c1-18-16-30(13-14-31(18)19(2)21-9-10-21)26(33)22-7-5-20(6-8-22)17-32-27(34)24-15-23(36-4)11-12-25(24)29(3)28(32)35/h11-12,15,18,20-22H,2,5-10,13-14,16-17H2,1,3-4H3/t18-,20-,22-/m0/s1. The van der Waals surface area contributed by atoms with Crippen LogP contribution in [-0.4, -0.2) is 57.6 Å². The SMILES string of the molecule is C=C(C1CC1)N1CCN(C(=O)[C@H]2CC[C@H](Cn3c(=O)c4cc(OC)ccc4n(C)c3=O)CC2)C[C@@H]1C. The summed E-state index contributed by atoms with van der Waals surface area (Å²) in [7, 11) is 3.26. The van der Waals surface area contributed by atoms with Gasteiger partial charge in [0, 0.05) is 50.9 Å². The van der Waals surface area contributed by atoms with Gasteiger partial charge in [-0.05, 0) is 75.5 Å². The number of fused-ring (bicyclic) bond motifs is 1. The summed E-state index contributed by atoms with van der Waals surface area (Å²) in [4.78, 5) is 43.9. The van der Waals surface area contributed by atoms with Crippen molar-refractivity contribution < 1.29 is 9.53 Å². The second kappa shape index (κ2) is 9.79. The summed E-state index contributed by atoms with van der Waals surface area (Å²) in [6.07, 6.45) is 5.80. The number of ether oxygens (including phenoxy) is 1. The van der Waals surface area contributed by atoms with E-state index in [0.717, 1.165) is 45.3 Å². The molecule has 1 atom stereocenters. The average molecular weight is 495 g/mol. The molecular weight excluding hydrogens is 456 g/mol. The molecule has 2 aliphatic carbocycles. The minimum absolute atomic E-state index is 0.0343. The summed E-state index contributed by atoms with van der Waals surface area (Å²) in [5.41, 5.74) is 1.29. The monoisotopic (exact) mass is 494 g/mol. The second-order valence-corrected chi connectivity index (χ2v) is 11.0. The molecule has 36 heavy (non-hydrogen) atoms. The molecule has 1 aliphatic heterocycles. The van der Waals surface area contributed by atoms with Crippen molar-refractivity contribution in [2.45, 2.75) is 58.0 Å². The normalized spacial score (nSPS) is 24.7. The Morgan fingerprint density at radius 3 is 2.39 bits per heavy atom. The molecule has 0 radical (unpaired) electrons. The number of aryl methyl sites for hydroxylation is 1. The maximum absolute atomic E-state index is 13.3. The van der Waals surface area contributed by atoms with Crippen LogP contribution in [0.2, 0.25) is 0 Å². The van der Waals surface area contributed by atoms with E-state index >= 15 is 0 Å². The van der Waals surface area contributed by atoms with Crippen LogP contribution in [0.15, 0.2) is 40.1 Å². The number of carbonyl (C=O) groups is 1. The first-order valence-electron chi connectivity index (χ1n) is 13.3. The van der Waals surface area contributed by atoms with E-state index in [1.165, 1.54) is 27.7 Å². The lowest BCUT2D eigenvalue weighted by atomic mass is 9.81. The highest BCUT2D eigenvalue weighted by Gasteiger charge is 2.36. The molecule has 0 N–H and O–H groups in total. The zero-order valence-corrected chi connectivity index (χ0v) is 21.7. The highest BCUT2D eigenvalue weighted by Crippen LogP contribution is 2.39. The largest absolute Gasteiger partial charge is 0.497 e. The van der Waals surface area contributed by atoms with Gasteiger partial charge in [0.05, 0.1) is 18.0 Å². The smallest absolute Gasteiger partial charge is 0.331 e. The molecule has 5 rings (SSSR count). The zero-order chi connectivity index (χ0) is 25.6. The minimum atomic E-state index is -0.296. The van der Waals surface area contributed by atoms with Gasteiger partial charge in [-0.2, -0.15) is 0 Å². The second-order valence-electron chi connectivity index (χ2n) is 11.0. The molecule has 8 heteroatoms. The quantitative estimate of drug-likeness (QED) is 0.617. The molecular formula is C28H38N4O4. The van der Waals surface area contributed by atoms with Gasteiger partial charge in [0.1, 0.15) is 5.75 Å². The van der Waals surface area contributed by atoms with Crippen molar-refractivity contribution in [1.82, 2.24) is 18.9 Å². The number of nitrogens with zero attached hydrogens (tertiary/aromatic N) is 4. The first-order valence-corrected chi connectivity index (χ1v) is 13.3. The van der Waals surface area contributed by atoms with Gasteiger partial charge in [-0.25, -0.2) is 4.79 Å². The molecule has 0 unspecified atom stereocenters. The molecule has 1 amide bonds. The summed E-state index contributed by atoms with van der Waals surface area (Å²) < 4.78 is 8.18. The Morgan fingerprint density at radius 2 is 1.75 bits per heavy atom. The van der Waals surface area contributed by atoms with Gasteiger partial charge < -0.3 is 14.5 Å². The molecule has 2 heterocycles. The van der Waals surface area contributed by atoms with Crippen LogP contribution in [0.3, 0.4) is 0 Å². The molecule has 0 bridgehead atoms. The number of hydrogen-bond acceptors (Lipinski definition) is 5. The maximum atomic E-state index is 13.3. The van der Waals surface area contributed by atoms with Crippen LogP contribution in [0.5, 0.6) is 5.75 Å². The number of benzene rings is 1. The number of methoxy groups -OCH3 is 1. The summed E-state index contributed by atoms with van der Waals surface area (Å²) in [6, 6.07) is 5.51. The van der Waals surface area contributed by atoms with Gasteiger partial charge >= 0.3 is 5.69 Å². The van der Waals surface area contributed by atoms with E-state index in [1.807, 2.05) is 4.90 Å². The van der Waals surface area contributed by atoms with Crippen LogP contribution in [0.1, 0.15) is 45.4 Å². The molecule has 2 saturated carbocycles. The first kappa shape index (κ1) is 24.7. The molecule has 1 saturated heterocycles. The lowest BCUT2D eigenvalue weighted by molar-refractivity contribution is -0.139. The third-order valence-corrected chi connectivity index (χ3v) is 8.55. The van der Waals surface area contributed by atoms with Crippen molar-refractivity contribution in [2.24, 2.45) is 24.8 Å². The molecule has 1 aromatic heterocycles. The fraction of sp³-hybridized carbons (Fsp3) is 0.607. The van der Waals surface area contributed by atoms with E-state index in [-0.39, 0.29) is 29.0 Å². The zero-order valence-electron chi connectivity index (χ0n) is 21.7. The number of piperazine rings is 1. The minimum Gasteiger partial charge on any atom is -0.497 e. The van der Waals surface area contributed by atoms with Crippen molar-refractivity contribution in [2.75, 3.05) is 26.7 Å². The number of amides is 1. The molecule has 0 spiro atoms. The first-order chi connectivity index (χ1) is 17.3. The Bertz CT molecular complexity index is 1280. The molecule has 1 aromatic carbocycles. The molecule has 3 fully saturated rings. The van der Waals surface area contributed by atoms with E-state index in [4.69, 9.17) is 4.74 Å².